The molecule has 0 saturated heterocycles. The molecule has 0 rings (SSSR count). The first-order valence-corrected chi connectivity index (χ1v) is 6.78. The van der Waals surface area contributed by atoms with Crippen LogP contribution in [0.15, 0.2) is 0 Å². The number of rotatable bonds is 11. The molecule has 0 aromatic carbocycles. The summed E-state index contributed by atoms with van der Waals surface area (Å²) in [4.78, 5) is 11.0. The van der Waals surface area contributed by atoms with E-state index in [0.29, 0.717) is 0 Å². The molecule has 0 aromatic rings. The van der Waals surface area contributed by atoms with Gasteiger partial charge in [0.05, 0.1) is 0 Å². The van der Waals surface area contributed by atoms with E-state index < -0.39 is 0 Å². The summed E-state index contributed by atoms with van der Waals surface area (Å²) in [5.41, 5.74) is 10.9. The largest absolute Gasteiger partial charge is 0.463 e. The van der Waals surface area contributed by atoms with Gasteiger partial charge in [0.15, 0.2) is 0 Å². The molecule has 0 saturated carbocycles. The minimum Gasteiger partial charge on any atom is -0.463 e. The Kier molecular flexibility index (Phi) is 11.4. The van der Waals surface area contributed by atoms with Gasteiger partial charge in [0.1, 0.15) is 6.10 Å². The normalized spacial score (nSPS) is 10.8. The number of ether oxygens (including phenoxy) is 1. The van der Waals surface area contributed by atoms with Crippen LogP contribution >= 0.6 is 0 Å². The second-order valence-corrected chi connectivity index (χ2v) is 4.51. The molecular formula is C13H28N2O2. The van der Waals surface area contributed by atoms with Crippen LogP contribution in [0.4, 0.5) is 0 Å². The zero-order valence-electron chi connectivity index (χ0n) is 11.1. The van der Waals surface area contributed by atoms with E-state index in [-0.39, 0.29) is 12.1 Å². The first-order valence-electron chi connectivity index (χ1n) is 6.78. The summed E-state index contributed by atoms with van der Waals surface area (Å²) < 4.78 is 5.31. The van der Waals surface area contributed by atoms with Gasteiger partial charge < -0.3 is 16.2 Å². The number of hydrogen-bond acceptors (Lipinski definition) is 4. The van der Waals surface area contributed by atoms with Crippen molar-refractivity contribution in [3.63, 3.8) is 0 Å². The lowest BCUT2D eigenvalue weighted by molar-refractivity contribution is -0.147. The molecule has 4 nitrogen and oxygen atoms in total. The monoisotopic (exact) mass is 244 g/mol. The molecule has 0 heterocycles. The molecule has 17 heavy (non-hydrogen) atoms. The van der Waals surface area contributed by atoms with Gasteiger partial charge in [0.25, 0.3) is 0 Å². The number of hydrogen-bond donors (Lipinski definition) is 2. The lowest BCUT2D eigenvalue weighted by Gasteiger charge is -2.16. The molecule has 0 bridgehead atoms. The molecule has 102 valence electrons. The Labute approximate surface area is 105 Å². The highest BCUT2D eigenvalue weighted by Gasteiger charge is 2.11. The molecule has 0 spiro atoms. The average molecular weight is 244 g/mol. The van der Waals surface area contributed by atoms with Crippen LogP contribution in [0.2, 0.25) is 0 Å². The molecule has 0 fully saturated rings. The maximum absolute atomic E-state index is 11.0. The summed E-state index contributed by atoms with van der Waals surface area (Å²) in [6.45, 7) is 2.97. The van der Waals surface area contributed by atoms with E-state index in [1.165, 1.54) is 6.92 Å². The van der Waals surface area contributed by atoms with E-state index in [4.69, 9.17) is 16.2 Å². The van der Waals surface area contributed by atoms with Gasteiger partial charge in [-0.25, -0.2) is 0 Å². The molecule has 0 aliphatic heterocycles. The van der Waals surface area contributed by atoms with Crippen LogP contribution < -0.4 is 11.5 Å². The molecule has 4 N–H and O–H groups in total. The van der Waals surface area contributed by atoms with Crippen molar-refractivity contribution in [3.05, 3.63) is 0 Å². The molecular weight excluding hydrogens is 216 g/mol. The van der Waals surface area contributed by atoms with Crippen LogP contribution in [0.3, 0.4) is 0 Å². The number of nitrogens with two attached hydrogens (primary N) is 2. The predicted molar refractivity (Wildman–Crippen MR) is 70.6 cm³/mol. The Hall–Kier alpha value is -0.610. The molecule has 0 unspecified atom stereocenters. The quantitative estimate of drug-likeness (QED) is 0.430. The smallest absolute Gasteiger partial charge is 0.302 e. The van der Waals surface area contributed by atoms with E-state index >= 15 is 0 Å². The fraction of sp³-hybridized carbons (Fsp3) is 0.923. The maximum atomic E-state index is 11.0. The highest BCUT2D eigenvalue weighted by Crippen LogP contribution is 2.14. The Morgan fingerprint density at radius 1 is 0.941 bits per heavy atom. The zero-order chi connectivity index (χ0) is 12.9. The fourth-order valence-electron chi connectivity index (χ4n) is 1.88. The van der Waals surface area contributed by atoms with Gasteiger partial charge in [0, 0.05) is 6.92 Å². The molecule has 0 aliphatic carbocycles. The van der Waals surface area contributed by atoms with Crippen molar-refractivity contribution >= 4 is 5.97 Å². The molecule has 0 aliphatic rings. The van der Waals surface area contributed by atoms with Gasteiger partial charge in [0.2, 0.25) is 0 Å². The molecule has 0 aromatic heterocycles. The average Bonchev–Trinajstić information content (AvgIpc) is 2.29. The minimum absolute atomic E-state index is 0.0862. The number of carbonyl (C=O) groups excluding carboxylic acids is 1. The SMILES string of the molecule is CC(=O)OC(CCCCCN)CCCCCN. The van der Waals surface area contributed by atoms with Gasteiger partial charge in [-0.15, -0.1) is 0 Å². The summed E-state index contributed by atoms with van der Waals surface area (Å²) >= 11 is 0. The molecule has 0 amide bonds. The Balaban J connectivity index is 3.68. The number of carbonyl (C=O) groups is 1. The lowest BCUT2D eigenvalue weighted by Crippen LogP contribution is -2.16. The van der Waals surface area contributed by atoms with Crippen molar-refractivity contribution < 1.29 is 9.53 Å². The first-order chi connectivity index (χ1) is 8.20. The maximum Gasteiger partial charge on any atom is 0.302 e. The summed E-state index contributed by atoms with van der Waals surface area (Å²) in [6.07, 6.45) is 8.54. The minimum atomic E-state index is -0.173. The van der Waals surface area contributed by atoms with Gasteiger partial charge in [-0.3, -0.25) is 4.79 Å². The zero-order valence-corrected chi connectivity index (χ0v) is 11.1. The standard InChI is InChI=1S/C13H28N2O2/c1-12(16)17-13(8-4-2-6-10-14)9-5-3-7-11-15/h13H,2-11,14-15H2,1H3. The molecule has 0 atom stereocenters. The van der Waals surface area contributed by atoms with Crippen LogP contribution in [-0.2, 0) is 9.53 Å². The second kappa shape index (κ2) is 11.9. The lowest BCUT2D eigenvalue weighted by atomic mass is 10.0. The number of unbranched alkanes of at least 4 members (excludes halogenated alkanes) is 4. The van der Waals surface area contributed by atoms with Crippen LogP contribution in [0.5, 0.6) is 0 Å². The highest BCUT2D eigenvalue weighted by atomic mass is 16.5. The highest BCUT2D eigenvalue weighted by molar-refractivity contribution is 5.66. The third-order valence-electron chi connectivity index (χ3n) is 2.79. The van der Waals surface area contributed by atoms with Crippen molar-refractivity contribution in [2.75, 3.05) is 13.1 Å². The van der Waals surface area contributed by atoms with E-state index in [9.17, 15) is 4.79 Å². The second-order valence-electron chi connectivity index (χ2n) is 4.51. The fourth-order valence-corrected chi connectivity index (χ4v) is 1.88. The van der Waals surface area contributed by atoms with Crippen molar-refractivity contribution in [1.29, 1.82) is 0 Å². The van der Waals surface area contributed by atoms with Crippen LogP contribution in [0, 0.1) is 0 Å². The number of esters is 1. The van der Waals surface area contributed by atoms with Crippen molar-refractivity contribution in [3.8, 4) is 0 Å². The van der Waals surface area contributed by atoms with Crippen LogP contribution in [0.1, 0.15) is 58.3 Å². The van der Waals surface area contributed by atoms with Crippen LogP contribution in [-0.4, -0.2) is 25.2 Å². The van der Waals surface area contributed by atoms with Crippen molar-refractivity contribution in [2.24, 2.45) is 11.5 Å². The topological polar surface area (TPSA) is 78.3 Å². The predicted octanol–water partition coefficient (Wildman–Crippen LogP) is 1.96. The van der Waals surface area contributed by atoms with Gasteiger partial charge in [-0.1, -0.05) is 12.8 Å². The Morgan fingerprint density at radius 2 is 1.41 bits per heavy atom. The van der Waals surface area contributed by atoms with E-state index in [1.807, 2.05) is 0 Å². The van der Waals surface area contributed by atoms with E-state index in [0.717, 1.165) is 64.5 Å². The third kappa shape index (κ3) is 11.6. The molecule has 4 heteroatoms. The third-order valence-corrected chi connectivity index (χ3v) is 2.79. The Morgan fingerprint density at radius 3 is 1.76 bits per heavy atom. The molecule has 0 radical (unpaired) electrons. The van der Waals surface area contributed by atoms with Gasteiger partial charge in [-0.05, 0) is 51.6 Å². The first kappa shape index (κ1) is 16.4. The van der Waals surface area contributed by atoms with E-state index in [2.05, 4.69) is 0 Å². The summed E-state index contributed by atoms with van der Waals surface area (Å²) in [7, 11) is 0. The summed E-state index contributed by atoms with van der Waals surface area (Å²) in [6, 6.07) is 0. The van der Waals surface area contributed by atoms with Crippen molar-refractivity contribution in [1.82, 2.24) is 0 Å². The summed E-state index contributed by atoms with van der Waals surface area (Å²) in [5.74, 6) is -0.173. The van der Waals surface area contributed by atoms with Gasteiger partial charge in [-0.2, -0.15) is 0 Å². The Bertz CT molecular complexity index is 174. The van der Waals surface area contributed by atoms with Crippen LogP contribution in [0.25, 0.3) is 0 Å². The van der Waals surface area contributed by atoms with E-state index in [1.54, 1.807) is 0 Å². The van der Waals surface area contributed by atoms with Crippen molar-refractivity contribution in [2.45, 2.75) is 64.4 Å². The summed E-state index contributed by atoms with van der Waals surface area (Å²) in [5, 5.41) is 0. The van der Waals surface area contributed by atoms with Gasteiger partial charge >= 0.3 is 5.97 Å².